The predicted octanol–water partition coefficient (Wildman–Crippen LogP) is 2.53. The van der Waals surface area contributed by atoms with Crippen molar-refractivity contribution < 1.29 is 24.5 Å². The molecule has 0 aromatic carbocycles. The van der Waals surface area contributed by atoms with E-state index in [1.165, 1.54) is 11.3 Å². The molecule has 0 radical (unpaired) electrons. The molecule has 2 N–H and O–H groups in total. The molecule has 0 aliphatic carbocycles. The van der Waals surface area contributed by atoms with Crippen LogP contribution in [0.3, 0.4) is 0 Å². The number of aliphatic hydroxyl groups excluding tert-OH is 1. The maximum absolute atomic E-state index is 11.5. The van der Waals surface area contributed by atoms with Crippen LogP contribution >= 0.6 is 0 Å². The SMILES string of the molecule is CC(C)(C)OC(=O)N1CCC(O)CC1.O=C(O)N1CCCCC1. The monoisotopic (exact) mass is 330 g/mol. The van der Waals surface area contributed by atoms with Gasteiger partial charge in [-0.3, -0.25) is 0 Å². The van der Waals surface area contributed by atoms with Gasteiger partial charge < -0.3 is 24.7 Å². The zero-order chi connectivity index (χ0) is 17.5. The lowest BCUT2D eigenvalue weighted by Gasteiger charge is -2.31. The third kappa shape index (κ3) is 8.06. The van der Waals surface area contributed by atoms with Crippen molar-refractivity contribution in [3.63, 3.8) is 0 Å². The van der Waals surface area contributed by atoms with E-state index in [0.29, 0.717) is 25.9 Å². The Kier molecular flexibility index (Phi) is 7.61. The van der Waals surface area contributed by atoms with Crippen LogP contribution in [-0.2, 0) is 4.74 Å². The zero-order valence-corrected chi connectivity index (χ0v) is 14.5. The summed E-state index contributed by atoms with van der Waals surface area (Å²) in [5.41, 5.74) is -0.437. The number of carbonyl (C=O) groups is 2. The van der Waals surface area contributed by atoms with Crippen molar-refractivity contribution >= 4 is 12.2 Å². The van der Waals surface area contributed by atoms with Crippen molar-refractivity contribution in [2.45, 2.75) is 64.6 Å². The van der Waals surface area contributed by atoms with Crippen LogP contribution in [0.2, 0.25) is 0 Å². The summed E-state index contributed by atoms with van der Waals surface area (Å²) in [6, 6.07) is 0. The van der Waals surface area contributed by atoms with Crippen molar-refractivity contribution in [3.05, 3.63) is 0 Å². The summed E-state index contributed by atoms with van der Waals surface area (Å²) in [5, 5.41) is 17.7. The van der Waals surface area contributed by atoms with Gasteiger partial charge in [0.05, 0.1) is 6.10 Å². The van der Waals surface area contributed by atoms with Gasteiger partial charge in [0.2, 0.25) is 0 Å². The fourth-order valence-corrected chi connectivity index (χ4v) is 2.46. The molecule has 7 nitrogen and oxygen atoms in total. The van der Waals surface area contributed by atoms with E-state index in [0.717, 1.165) is 25.9 Å². The number of ether oxygens (including phenoxy) is 1. The maximum atomic E-state index is 11.5. The molecule has 2 saturated heterocycles. The Hall–Kier alpha value is -1.50. The van der Waals surface area contributed by atoms with E-state index >= 15 is 0 Å². The molecule has 2 fully saturated rings. The van der Waals surface area contributed by atoms with Crippen LogP contribution in [0.5, 0.6) is 0 Å². The number of carbonyl (C=O) groups excluding carboxylic acids is 1. The Morgan fingerprint density at radius 2 is 1.48 bits per heavy atom. The molecule has 0 bridgehead atoms. The summed E-state index contributed by atoms with van der Waals surface area (Å²) in [7, 11) is 0. The van der Waals surface area contributed by atoms with Crippen LogP contribution in [0.4, 0.5) is 9.59 Å². The van der Waals surface area contributed by atoms with Crippen LogP contribution in [0.15, 0.2) is 0 Å². The number of carboxylic acid groups (broad SMARTS) is 1. The minimum Gasteiger partial charge on any atom is -0.465 e. The van der Waals surface area contributed by atoms with Gasteiger partial charge in [-0.25, -0.2) is 9.59 Å². The van der Waals surface area contributed by atoms with Crippen LogP contribution in [0.1, 0.15) is 52.9 Å². The van der Waals surface area contributed by atoms with Crippen LogP contribution in [-0.4, -0.2) is 70.1 Å². The van der Waals surface area contributed by atoms with Crippen molar-refractivity contribution in [1.29, 1.82) is 0 Å². The molecule has 0 saturated carbocycles. The normalized spacial score (nSPS) is 19.7. The first kappa shape index (κ1) is 19.5. The van der Waals surface area contributed by atoms with E-state index in [-0.39, 0.29) is 12.2 Å². The molecule has 2 amide bonds. The first-order chi connectivity index (χ1) is 10.7. The number of aliphatic hydroxyl groups is 1. The van der Waals surface area contributed by atoms with Gasteiger partial charge in [0.1, 0.15) is 5.60 Å². The minimum atomic E-state index is -0.769. The first-order valence-electron chi connectivity index (χ1n) is 8.33. The fourth-order valence-electron chi connectivity index (χ4n) is 2.46. The quantitative estimate of drug-likeness (QED) is 0.712. The number of nitrogens with zero attached hydrogens (tertiary/aromatic N) is 2. The molecule has 0 aromatic heterocycles. The molecule has 134 valence electrons. The highest BCUT2D eigenvalue weighted by molar-refractivity contribution is 5.68. The summed E-state index contributed by atoms with van der Waals surface area (Å²) in [6.45, 7) is 8.20. The average molecular weight is 330 g/mol. The Morgan fingerprint density at radius 1 is 0.957 bits per heavy atom. The standard InChI is InChI=1S/C10H19NO3.C6H11NO2/c1-10(2,3)14-9(13)11-6-4-8(12)5-7-11;8-6(9)7-4-2-1-3-5-7/h8,12H,4-7H2,1-3H3;1-5H2,(H,8,9). The Morgan fingerprint density at radius 3 is 1.87 bits per heavy atom. The summed E-state index contributed by atoms with van der Waals surface area (Å²) >= 11 is 0. The fraction of sp³-hybridized carbons (Fsp3) is 0.875. The third-order valence-electron chi connectivity index (χ3n) is 3.74. The first-order valence-corrected chi connectivity index (χ1v) is 8.33. The van der Waals surface area contributed by atoms with Gasteiger partial charge in [-0.2, -0.15) is 0 Å². The van der Waals surface area contributed by atoms with Crippen LogP contribution < -0.4 is 0 Å². The van der Waals surface area contributed by atoms with E-state index in [2.05, 4.69) is 0 Å². The lowest BCUT2D eigenvalue weighted by Crippen LogP contribution is -2.42. The van der Waals surface area contributed by atoms with Gasteiger partial charge >= 0.3 is 12.2 Å². The van der Waals surface area contributed by atoms with Crippen molar-refractivity contribution in [2.24, 2.45) is 0 Å². The van der Waals surface area contributed by atoms with Gasteiger partial charge in [0.15, 0.2) is 0 Å². The van der Waals surface area contributed by atoms with Crippen LogP contribution in [0.25, 0.3) is 0 Å². The molecule has 2 aliphatic heterocycles. The van der Waals surface area contributed by atoms with Crippen molar-refractivity contribution in [2.75, 3.05) is 26.2 Å². The molecule has 2 aliphatic rings. The molecule has 0 unspecified atom stereocenters. The minimum absolute atomic E-state index is 0.256. The number of hydrogen-bond acceptors (Lipinski definition) is 4. The summed E-state index contributed by atoms with van der Waals surface area (Å²) in [5.74, 6) is 0. The van der Waals surface area contributed by atoms with Gasteiger partial charge in [0.25, 0.3) is 0 Å². The number of piperidine rings is 2. The van der Waals surface area contributed by atoms with Crippen molar-refractivity contribution in [3.8, 4) is 0 Å². The summed E-state index contributed by atoms with van der Waals surface area (Å²) in [6.07, 6.45) is 3.26. The molecule has 23 heavy (non-hydrogen) atoms. The number of hydrogen-bond donors (Lipinski definition) is 2. The van der Waals surface area contributed by atoms with Gasteiger partial charge in [-0.15, -0.1) is 0 Å². The predicted molar refractivity (Wildman–Crippen MR) is 86.5 cm³/mol. The number of amides is 2. The summed E-state index contributed by atoms with van der Waals surface area (Å²) in [4.78, 5) is 24.9. The van der Waals surface area contributed by atoms with E-state index in [4.69, 9.17) is 9.84 Å². The second kappa shape index (κ2) is 8.96. The third-order valence-corrected chi connectivity index (χ3v) is 3.74. The number of likely N-dealkylation sites (tertiary alicyclic amines) is 2. The molecule has 2 heterocycles. The molecular formula is C16H30N2O5. The topological polar surface area (TPSA) is 90.3 Å². The van der Waals surface area contributed by atoms with Gasteiger partial charge in [0, 0.05) is 26.2 Å². The molecule has 7 heteroatoms. The maximum Gasteiger partial charge on any atom is 0.410 e. The Bertz CT molecular complexity index is 380. The Labute approximate surface area is 138 Å². The van der Waals surface area contributed by atoms with E-state index in [9.17, 15) is 14.7 Å². The highest BCUT2D eigenvalue weighted by Gasteiger charge is 2.25. The Balaban J connectivity index is 0.000000253. The van der Waals surface area contributed by atoms with Gasteiger partial charge in [-0.1, -0.05) is 0 Å². The lowest BCUT2D eigenvalue weighted by atomic mass is 10.1. The highest BCUT2D eigenvalue weighted by Crippen LogP contribution is 2.15. The second-order valence-corrected chi connectivity index (χ2v) is 7.03. The lowest BCUT2D eigenvalue weighted by molar-refractivity contribution is 0.0101. The zero-order valence-electron chi connectivity index (χ0n) is 14.5. The second-order valence-electron chi connectivity index (χ2n) is 7.03. The van der Waals surface area contributed by atoms with E-state index in [1.807, 2.05) is 20.8 Å². The van der Waals surface area contributed by atoms with Crippen molar-refractivity contribution in [1.82, 2.24) is 9.80 Å². The van der Waals surface area contributed by atoms with E-state index < -0.39 is 11.7 Å². The average Bonchev–Trinajstić information content (AvgIpc) is 2.47. The van der Waals surface area contributed by atoms with E-state index in [1.54, 1.807) is 4.90 Å². The van der Waals surface area contributed by atoms with Gasteiger partial charge in [-0.05, 0) is 52.9 Å². The van der Waals surface area contributed by atoms with Crippen LogP contribution in [0, 0.1) is 0 Å². The molecule has 2 rings (SSSR count). The molecule has 0 atom stereocenters. The number of rotatable bonds is 0. The smallest absolute Gasteiger partial charge is 0.410 e. The largest absolute Gasteiger partial charge is 0.465 e. The molecule has 0 spiro atoms. The highest BCUT2D eigenvalue weighted by atomic mass is 16.6. The molecule has 0 aromatic rings. The summed E-state index contributed by atoms with van der Waals surface area (Å²) < 4.78 is 5.22. The molecular weight excluding hydrogens is 300 g/mol.